The minimum Gasteiger partial charge on any atom is -0.454 e. The Kier molecular flexibility index (Phi) is 4.04. The Morgan fingerprint density at radius 2 is 1.70 bits per heavy atom. The summed E-state index contributed by atoms with van der Waals surface area (Å²) >= 11 is 0. The van der Waals surface area contributed by atoms with E-state index in [9.17, 15) is 13.9 Å². The topological polar surface area (TPSA) is 29.5 Å². The fourth-order valence-electron chi connectivity index (χ4n) is 1.89. The van der Waals surface area contributed by atoms with Crippen LogP contribution >= 0.6 is 0 Å². The molecule has 2 rings (SSSR count). The number of benzene rings is 2. The monoisotopic (exact) mass is 278 g/mol. The molecule has 0 aromatic heterocycles. The Hall–Kier alpha value is -1.94. The van der Waals surface area contributed by atoms with Gasteiger partial charge < -0.3 is 9.84 Å². The molecule has 0 aliphatic rings. The Morgan fingerprint density at radius 1 is 1.00 bits per heavy atom. The van der Waals surface area contributed by atoms with Gasteiger partial charge in [0.2, 0.25) is 0 Å². The van der Waals surface area contributed by atoms with Crippen molar-refractivity contribution in [2.75, 3.05) is 0 Å². The molecule has 0 fully saturated rings. The molecular formula is C16H16F2O2. The van der Waals surface area contributed by atoms with E-state index in [1.165, 1.54) is 25.1 Å². The first-order valence-corrected chi connectivity index (χ1v) is 6.30. The maximum Gasteiger partial charge on any atom is 0.165 e. The summed E-state index contributed by atoms with van der Waals surface area (Å²) in [6, 6.07) is 7.17. The van der Waals surface area contributed by atoms with Crippen molar-refractivity contribution in [1.29, 1.82) is 0 Å². The number of halogens is 2. The first-order valence-electron chi connectivity index (χ1n) is 6.30. The molecule has 2 aromatic rings. The number of aliphatic hydroxyl groups excluding tert-OH is 1. The van der Waals surface area contributed by atoms with E-state index in [2.05, 4.69) is 0 Å². The van der Waals surface area contributed by atoms with E-state index >= 15 is 0 Å². The maximum absolute atomic E-state index is 13.7. The van der Waals surface area contributed by atoms with E-state index in [1.807, 2.05) is 6.92 Å². The molecule has 0 aliphatic carbocycles. The van der Waals surface area contributed by atoms with E-state index in [0.29, 0.717) is 5.56 Å². The van der Waals surface area contributed by atoms with E-state index in [-0.39, 0.29) is 17.1 Å². The lowest BCUT2D eigenvalue weighted by Crippen LogP contribution is -2.00. The van der Waals surface area contributed by atoms with E-state index in [0.717, 1.165) is 5.56 Å². The Balaban J connectivity index is 2.47. The quantitative estimate of drug-likeness (QED) is 0.900. The molecule has 20 heavy (non-hydrogen) atoms. The summed E-state index contributed by atoms with van der Waals surface area (Å²) in [6.07, 6.45) is -0.909. The number of rotatable bonds is 3. The molecule has 1 atom stereocenters. The molecule has 0 amide bonds. The first-order chi connectivity index (χ1) is 9.38. The molecule has 0 heterocycles. The van der Waals surface area contributed by atoms with Gasteiger partial charge in [-0.1, -0.05) is 6.07 Å². The van der Waals surface area contributed by atoms with Crippen LogP contribution in [0.3, 0.4) is 0 Å². The zero-order chi connectivity index (χ0) is 14.9. The van der Waals surface area contributed by atoms with Gasteiger partial charge >= 0.3 is 0 Å². The molecule has 1 N–H and O–H groups in total. The standard InChI is InChI=1S/C16H16F2O2/c1-9-4-5-13(17)16(6-9)20-15-7-10(2)14(18)8-12(15)11(3)19/h4-8,11,19H,1-3H3/t11-/m1/s1. The highest BCUT2D eigenvalue weighted by Gasteiger charge is 2.15. The molecule has 2 nitrogen and oxygen atoms in total. The summed E-state index contributed by atoms with van der Waals surface area (Å²) in [4.78, 5) is 0. The average molecular weight is 278 g/mol. The molecule has 106 valence electrons. The molecule has 0 radical (unpaired) electrons. The van der Waals surface area contributed by atoms with Gasteiger partial charge in [0.1, 0.15) is 11.6 Å². The first kappa shape index (κ1) is 14.5. The molecule has 0 aliphatic heterocycles. The summed E-state index contributed by atoms with van der Waals surface area (Å²) in [7, 11) is 0. The SMILES string of the molecule is Cc1ccc(F)c(Oc2cc(C)c(F)cc2[C@@H](C)O)c1. The van der Waals surface area contributed by atoms with Crippen LogP contribution in [-0.4, -0.2) is 5.11 Å². The van der Waals surface area contributed by atoms with E-state index in [1.54, 1.807) is 19.1 Å². The van der Waals surface area contributed by atoms with Crippen LogP contribution in [0.2, 0.25) is 0 Å². The number of aliphatic hydroxyl groups is 1. The molecule has 4 heteroatoms. The number of hydrogen-bond acceptors (Lipinski definition) is 2. The largest absolute Gasteiger partial charge is 0.454 e. The Morgan fingerprint density at radius 3 is 2.35 bits per heavy atom. The van der Waals surface area contributed by atoms with Gasteiger partial charge in [0.05, 0.1) is 6.10 Å². The smallest absolute Gasteiger partial charge is 0.165 e. The maximum atomic E-state index is 13.7. The lowest BCUT2D eigenvalue weighted by atomic mass is 10.1. The van der Waals surface area contributed by atoms with Crippen LogP contribution in [0.1, 0.15) is 29.7 Å². The second-order valence-corrected chi connectivity index (χ2v) is 4.85. The lowest BCUT2D eigenvalue weighted by Gasteiger charge is -2.15. The van der Waals surface area contributed by atoms with Crippen molar-refractivity contribution in [2.45, 2.75) is 26.9 Å². The molecule has 0 spiro atoms. The molecule has 0 saturated heterocycles. The van der Waals surface area contributed by atoms with Gasteiger partial charge in [0, 0.05) is 5.56 Å². The minimum absolute atomic E-state index is 0.0536. The predicted octanol–water partition coefficient (Wildman–Crippen LogP) is 4.43. The van der Waals surface area contributed by atoms with Crippen molar-refractivity contribution in [3.05, 3.63) is 58.7 Å². The number of ether oxygens (including phenoxy) is 1. The lowest BCUT2D eigenvalue weighted by molar-refractivity contribution is 0.195. The minimum atomic E-state index is -0.909. The molecule has 2 aromatic carbocycles. The van der Waals surface area contributed by atoms with Crippen molar-refractivity contribution in [3.63, 3.8) is 0 Å². The van der Waals surface area contributed by atoms with Crippen molar-refractivity contribution in [3.8, 4) is 11.5 Å². The second kappa shape index (κ2) is 5.59. The van der Waals surface area contributed by atoms with Crippen LogP contribution in [-0.2, 0) is 0 Å². The van der Waals surface area contributed by atoms with Gasteiger partial charge in [0.25, 0.3) is 0 Å². The van der Waals surface area contributed by atoms with Crippen LogP contribution in [0.4, 0.5) is 8.78 Å². The van der Waals surface area contributed by atoms with Crippen LogP contribution < -0.4 is 4.74 Å². The number of hydrogen-bond donors (Lipinski definition) is 1. The van der Waals surface area contributed by atoms with Crippen LogP contribution in [0, 0.1) is 25.5 Å². The van der Waals surface area contributed by atoms with Crippen molar-refractivity contribution >= 4 is 0 Å². The predicted molar refractivity (Wildman–Crippen MR) is 73.0 cm³/mol. The summed E-state index contributed by atoms with van der Waals surface area (Å²) in [6.45, 7) is 4.90. The van der Waals surface area contributed by atoms with E-state index < -0.39 is 17.7 Å². The fourth-order valence-corrected chi connectivity index (χ4v) is 1.89. The third kappa shape index (κ3) is 2.96. The average Bonchev–Trinajstić information content (AvgIpc) is 2.37. The van der Waals surface area contributed by atoms with Crippen LogP contribution in [0.15, 0.2) is 30.3 Å². The van der Waals surface area contributed by atoms with Crippen molar-refractivity contribution in [1.82, 2.24) is 0 Å². The third-order valence-electron chi connectivity index (χ3n) is 3.05. The van der Waals surface area contributed by atoms with Crippen molar-refractivity contribution in [2.24, 2.45) is 0 Å². The van der Waals surface area contributed by atoms with Gasteiger partial charge in [0.15, 0.2) is 11.6 Å². The summed E-state index contributed by atoms with van der Waals surface area (Å²) < 4.78 is 32.8. The zero-order valence-electron chi connectivity index (χ0n) is 11.6. The van der Waals surface area contributed by atoms with Crippen LogP contribution in [0.5, 0.6) is 11.5 Å². The number of aryl methyl sites for hydroxylation is 2. The Labute approximate surface area is 116 Å². The van der Waals surface area contributed by atoms with Gasteiger partial charge in [-0.05, 0) is 56.2 Å². The zero-order valence-corrected chi connectivity index (χ0v) is 11.6. The molecule has 0 bridgehead atoms. The third-order valence-corrected chi connectivity index (χ3v) is 3.05. The Bertz CT molecular complexity index is 637. The molecule has 0 unspecified atom stereocenters. The van der Waals surface area contributed by atoms with Gasteiger partial charge in [-0.3, -0.25) is 0 Å². The van der Waals surface area contributed by atoms with Crippen LogP contribution in [0.25, 0.3) is 0 Å². The summed E-state index contributed by atoms with van der Waals surface area (Å²) in [5.41, 5.74) is 1.50. The summed E-state index contributed by atoms with van der Waals surface area (Å²) in [5, 5.41) is 9.68. The fraction of sp³-hybridized carbons (Fsp3) is 0.250. The van der Waals surface area contributed by atoms with E-state index in [4.69, 9.17) is 4.74 Å². The van der Waals surface area contributed by atoms with Gasteiger partial charge in [-0.2, -0.15) is 0 Å². The van der Waals surface area contributed by atoms with Crippen molar-refractivity contribution < 1.29 is 18.6 Å². The normalized spacial score (nSPS) is 12.3. The second-order valence-electron chi connectivity index (χ2n) is 4.85. The molecule has 0 saturated carbocycles. The highest BCUT2D eigenvalue weighted by atomic mass is 19.1. The summed E-state index contributed by atoms with van der Waals surface area (Å²) in [5.74, 6) is -0.631. The molecular weight excluding hydrogens is 262 g/mol. The van der Waals surface area contributed by atoms with Gasteiger partial charge in [-0.25, -0.2) is 8.78 Å². The highest BCUT2D eigenvalue weighted by molar-refractivity contribution is 5.43. The highest BCUT2D eigenvalue weighted by Crippen LogP contribution is 2.33. The van der Waals surface area contributed by atoms with Gasteiger partial charge in [-0.15, -0.1) is 0 Å².